The van der Waals surface area contributed by atoms with E-state index in [4.69, 9.17) is 0 Å². The molecule has 31 heavy (non-hydrogen) atoms. The van der Waals surface area contributed by atoms with E-state index in [2.05, 4.69) is 35.5 Å². The number of nitrogens with one attached hydrogen (secondary N) is 3. The van der Waals surface area contributed by atoms with Crippen LogP contribution >= 0.6 is 0 Å². The highest BCUT2D eigenvalue weighted by Gasteiger charge is 2.29. The number of amides is 1. The summed E-state index contributed by atoms with van der Waals surface area (Å²) in [5.41, 5.74) is 3.67. The van der Waals surface area contributed by atoms with Gasteiger partial charge in [0.05, 0.1) is 22.8 Å². The van der Waals surface area contributed by atoms with Gasteiger partial charge in [0.1, 0.15) is 17.0 Å². The Balaban J connectivity index is 1.44. The summed E-state index contributed by atoms with van der Waals surface area (Å²) in [5, 5.41) is 10.3. The first-order chi connectivity index (χ1) is 15.2. The summed E-state index contributed by atoms with van der Waals surface area (Å²) in [4.78, 5) is 28.1. The molecule has 0 spiro atoms. The first-order valence-corrected chi connectivity index (χ1v) is 9.91. The van der Waals surface area contributed by atoms with Crippen LogP contribution in [0.4, 0.5) is 10.1 Å². The summed E-state index contributed by atoms with van der Waals surface area (Å²) in [6.45, 7) is 0. The molecule has 0 unspecified atom stereocenters. The van der Waals surface area contributed by atoms with Crippen LogP contribution in [0.2, 0.25) is 0 Å². The van der Waals surface area contributed by atoms with E-state index in [9.17, 15) is 4.79 Å². The molecule has 0 saturated heterocycles. The second-order valence-electron chi connectivity index (χ2n) is 7.60. The maximum atomic E-state index is 15.7. The number of aromatic nitrogens is 6. The van der Waals surface area contributed by atoms with Crippen molar-refractivity contribution in [2.75, 3.05) is 5.32 Å². The van der Waals surface area contributed by atoms with E-state index >= 15 is 4.39 Å². The summed E-state index contributed by atoms with van der Waals surface area (Å²) < 4.78 is 15.7. The highest BCUT2D eigenvalue weighted by molar-refractivity contribution is 5.97. The molecule has 1 aliphatic carbocycles. The molecular formula is C22H16FN7O. The van der Waals surface area contributed by atoms with Gasteiger partial charge >= 0.3 is 0 Å². The predicted molar refractivity (Wildman–Crippen MR) is 114 cm³/mol. The Morgan fingerprint density at radius 2 is 2.10 bits per heavy atom. The van der Waals surface area contributed by atoms with E-state index < -0.39 is 5.82 Å². The molecule has 0 radical (unpaired) electrons. The van der Waals surface area contributed by atoms with Gasteiger partial charge in [0.2, 0.25) is 5.91 Å². The third kappa shape index (κ3) is 3.02. The Bertz CT molecular complexity index is 1430. The van der Waals surface area contributed by atoms with Crippen LogP contribution < -0.4 is 5.32 Å². The third-order valence-electron chi connectivity index (χ3n) is 5.41. The highest BCUT2D eigenvalue weighted by Crippen LogP contribution is 2.35. The lowest BCUT2D eigenvalue weighted by atomic mass is 10.0. The SMILES string of the molecule is O=C(Nc1cncc(-c2ccc3[nH]nc(-c4nc5cccnc5[nH]4)c3c2F)c1)C1CC1. The lowest BCUT2D eigenvalue weighted by Crippen LogP contribution is -2.13. The zero-order valence-corrected chi connectivity index (χ0v) is 16.2. The number of imidazole rings is 1. The third-order valence-corrected chi connectivity index (χ3v) is 5.41. The van der Waals surface area contributed by atoms with Crippen molar-refractivity contribution in [2.24, 2.45) is 5.92 Å². The van der Waals surface area contributed by atoms with Crippen molar-refractivity contribution >= 4 is 33.7 Å². The number of aromatic amines is 2. The van der Waals surface area contributed by atoms with Crippen molar-refractivity contribution in [1.29, 1.82) is 0 Å². The zero-order valence-electron chi connectivity index (χ0n) is 16.2. The molecule has 6 rings (SSSR count). The van der Waals surface area contributed by atoms with E-state index in [1.165, 1.54) is 0 Å². The number of carbonyl (C=O) groups is 1. The fraction of sp³-hybridized carbons (Fsp3) is 0.136. The number of carbonyl (C=O) groups excluding carboxylic acids is 1. The van der Waals surface area contributed by atoms with E-state index in [1.807, 2.05) is 6.07 Å². The van der Waals surface area contributed by atoms with Crippen LogP contribution in [0.5, 0.6) is 0 Å². The predicted octanol–water partition coefficient (Wildman–Crippen LogP) is 4.05. The molecule has 0 bridgehead atoms. The molecule has 1 aromatic carbocycles. The molecule has 5 aromatic rings. The van der Waals surface area contributed by atoms with Gasteiger partial charge in [-0.25, -0.2) is 14.4 Å². The van der Waals surface area contributed by atoms with Gasteiger partial charge in [-0.3, -0.25) is 14.9 Å². The highest BCUT2D eigenvalue weighted by atomic mass is 19.1. The van der Waals surface area contributed by atoms with Crippen molar-refractivity contribution in [3.63, 3.8) is 0 Å². The Morgan fingerprint density at radius 1 is 1.19 bits per heavy atom. The summed E-state index contributed by atoms with van der Waals surface area (Å²) in [7, 11) is 0. The first-order valence-electron chi connectivity index (χ1n) is 9.91. The molecule has 8 nitrogen and oxygen atoms in total. The number of anilines is 1. The minimum Gasteiger partial charge on any atom is -0.324 e. The zero-order chi connectivity index (χ0) is 20.9. The van der Waals surface area contributed by atoms with Crippen LogP contribution in [0.25, 0.3) is 44.7 Å². The van der Waals surface area contributed by atoms with Gasteiger partial charge in [-0.1, -0.05) is 0 Å². The number of fused-ring (bicyclic) bond motifs is 2. The fourth-order valence-corrected chi connectivity index (χ4v) is 3.67. The number of pyridine rings is 2. The molecule has 0 aliphatic heterocycles. The number of nitrogens with zero attached hydrogens (tertiary/aromatic N) is 4. The second-order valence-corrected chi connectivity index (χ2v) is 7.60. The van der Waals surface area contributed by atoms with Gasteiger partial charge in [0.15, 0.2) is 11.5 Å². The van der Waals surface area contributed by atoms with E-state index in [-0.39, 0.29) is 11.8 Å². The molecule has 4 aromatic heterocycles. The maximum Gasteiger partial charge on any atom is 0.227 e. The minimum atomic E-state index is -0.442. The molecule has 1 amide bonds. The van der Waals surface area contributed by atoms with Crippen molar-refractivity contribution in [3.8, 4) is 22.6 Å². The van der Waals surface area contributed by atoms with E-state index in [0.717, 1.165) is 12.8 Å². The normalized spacial score (nSPS) is 13.7. The molecule has 4 heterocycles. The summed E-state index contributed by atoms with van der Waals surface area (Å²) in [6, 6.07) is 8.77. The van der Waals surface area contributed by atoms with Crippen molar-refractivity contribution < 1.29 is 9.18 Å². The Labute approximate surface area is 175 Å². The molecule has 3 N–H and O–H groups in total. The monoisotopic (exact) mass is 413 g/mol. The van der Waals surface area contributed by atoms with Crippen LogP contribution in [0.1, 0.15) is 12.8 Å². The quantitative estimate of drug-likeness (QED) is 0.411. The lowest BCUT2D eigenvalue weighted by Gasteiger charge is -2.08. The number of benzene rings is 1. The lowest BCUT2D eigenvalue weighted by molar-refractivity contribution is -0.117. The van der Waals surface area contributed by atoms with Crippen LogP contribution in [-0.2, 0) is 4.79 Å². The number of rotatable bonds is 4. The van der Waals surface area contributed by atoms with E-state index in [0.29, 0.717) is 50.4 Å². The maximum absolute atomic E-state index is 15.7. The summed E-state index contributed by atoms with van der Waals surface area (Å²) in [5.74, 6) is 0.0377. The Hall–Kier alpha value is -4.14. The largest absolute Gasteiger partial charge is 0.324 e. The molecule has 9 heteroatoms. The van der Waals surface area contributed by atoms with Crippen LogP contribution in [0.15, 0.2) is 48.9 Å². The second kappa shape index (κ2) is 6.69. The van der Waals surface area contributed by atoms with Gasteiger partial charge in [0, 0.05) is 29.4 Å². The van der Waals surface area contributed by atoms with Gasteiger partial charge in [-0.05, 0) is 43.2 Å². The van der Waals surface area contributed by atoms with Gasteiger partial charge in [0.25, 0.3) is 0 Å². The molecule has 1 aliphatic rings. The van der Waals surface area contributed by atoms with Crippen molar-refractivity contribution in [1.82, 2.24) is 30.1 Å². The van der Waals surface area contributed by atoms with E-state index in [1.54, 1.807) is 42.9 Å². The average Bonchev–Trinajstić information content (AvgIpc) is 3.40. The number of halogens is 1. The number of H-pyrrole nitrogens is 2. The smallest absolute Gasteiger partial charge is 0.227 e. The summed E-state index contributed by atoms with van der Waals surface area (Å²) in [6.07, 6.45) is 6.61. The summed E-state index contributed by atoms with van der Waals surface area (Å²) >= 11 is 0. The topological polar surface area (TPSA) is 112 Å². The average molecular weight is 413 g/mol. The molecule has 1 saturated carbocycles. The number of hydrogen-bond donors (Lipinski definition) is 3. The molecule has 152 valence electrons. The van der Waals surface area contributed by atoms with Crippen molar-refractivity contribution in [2.45, 2.75) is 12.8 Å². The molecule has 1 fully saturated rings. The van der Waals surface area contributed by atoms with Gasteiger partial charge < -0.3 is 10.3 Å². The van der Waals surface area contributed by atoms with Crippen molar-refractivity contribution in [3.05, 3.63) is 54.7 Å². The minimum absolute atomic E-state index is 0.0227. The Morgan fingerprint density at radius 3 is 2.94 bits per heavy atom. The fourth-order valence-electron chi connectivity index (χ4n) is 3.67. The standard InChI is InChI=1S/C22H16FN7O/c23-18-14(12-8-13(10-24-9-12)26-22(31)11-3-4-11)5-6-15-17(18)19(30-29-15)21-27-16-2-1-7-25-20(16)28-21/h1-2,5-11H,3-4H2,(H,26,31)(H,29,30)(H,25,27,28). The van der Waals surface area contributed by atoms with Crippen LogP contribution in [-0.4, -0.2) is 36.0 Å². The number of hydrogen-bond acceptors (Lipinski definition) is 5. The molecule has 0 atom stereocenters. The molecular weight excluding hydrogens is 397 g/mol. The van der Waals surface area contributed by atoms with Crippen LogP contribution in [0, 0.1) is 11.7 Å². The van der Waals surface area contributed by atoms with Crippen LogP contribution in [0.3, 0.4) is 0 Å². The Kier molecular flexibility index (Phi) is 3.82. The van der Waals surface area contributed by atoms with Gasteiger partial charge in [-0.2, -0.15) is 5.10 Å². The first kappa shape index (κ1) is 17.7. The van der Waals surface area contributed by atoms with Gasteiger partial charge in [-0.15, -0.1) is 0 Å².